The van der Waals surface area contributed by atoms with E-state index in [2.05, 4.69) is 6.07 Å². The number of rotatable bonds is 9. The van der Waals surface area contributed by atoms with Crippen LogP contribution >= 0.6 is 0 Å². The Balaban J connectivity index is 1.63. The van der Waals surface area contributed by atoms with Crippen molar-refractivity contribution in [1.82, 2.24) is 0 Å². The van der Waals surface area contributed by atoms with Gasteiger partial charge < -0.3 is 24.7 Å². The molecule has 2 N–H and O–H groups in total. The van der Waals surface area contributed by atoms with Gasteiger partial charge in [-0.2, -0.15) is 5.26 Å². The molecular weight excluding hydrogens is 468 g/mol. The summed E-state index contributed by atoms with van der Waals surface area (Å²) in [6, 6.07) is 22.3. The minimum absolute atomic E-state index is 0.00304. The molecule has 0 saturated carbocycles. The molecule has 1 unspecified atom stereocenters. The Bertz CT molecular complexity index is 1370. The Morgan fingerprint density at radius 1 is 1.05 bits per heavy atom. The molecule has 1 heterocycles. The molecule has 1 atom stereocenters. The first-order chi connectivity index (χ1) is 18.0. The number of nitrogens with zero attached hydrogens (tertiary/aromatic N) is 1. The third-order valence-corrected chi connectivity index (χ3v) is 5.68. The molecule has 188 valence electrons. The zero-order valence-corrected chi connectivity index (χ0v) is 20.8. The zero-order valence-electron chi connectivity index (χ0n) is 20.8. The highest BCUT2D eigenvalue weighted by Gasteiger charge is 2.31. The van der Waals surface area contributed by atoms with Crippen molar-refractivity contribution in [2.24, 2.45) is 5.73 Å². The highest BCUT2D eigenvalue weighted by atomic mass is 16.5. The number of carbonyl (C=O) groups is 1. The van der Waals surface area contributed by atoms with Gasteiger partial charge in [0.15, 0.2) is 11.5 Å². The lowest BCUT2D eigenvalue weighted by Crippen LogP contribution is -2.21. The van der Waals surface area contributed by atoms with Crippen molar-refractivity contribution >= 4 is 12.0 Å². The fraction of sp³-hybridized carbons (Fsp3) is 0.200. The summed E-state index contributed by atoms with van der Waals surface area (Å²) in [5.41, 5.74) is 8.83. The summed E-state index contributed by atoms with van der Waals surface area (Å²) >= 11 is 0. The van der Waals surface area contributed by atoms with Crippen LogP contribution in [0, 0.1) is 11.3 Å². The maximum Gasteiger partial charge on any atom is 0.336 e. The first-order valence-electron chi connectivity index (χ1n) is 12.1. The largest absolute Gasteiger partial charge is 0.490 e. The first-order valence-corrected chi connectivity index (χ1v) is 12.1. The van der Waals surface area contributed by atoms with E-state index in [-0.39, 0.29) is 11.5 Å². The number of nitrogens with two attached hydrogens (primary N) is 1. The SMILES string of the molecule is CCCOc1ccc(C2C(C#N)=C(N)Oc3cc(OC(=O)/C=C/c4ccccc4)ccc32)cc1OCC. The van der Waals surface area contributed by atoms with Crippen LogP contribution in [0.2, 0.25) is 0 Å². The van der Waals surface area contributed by atoms with Crippen LogP contribution in [-0.2, 0) is 4.79 Å². The van der Waals surface area contributed by atoms with Crippen molar-refractivity contribution in [3.8, 4) is 29.1 Å². The van der Waals surface area contributed by atoms with Crippen LogP contribution in [0.5, 0.6) is 23.0 Å². The van der Waals surface area contributed by atoms with Crippen molar-refractivity contribution in [3.05, 3.63) is 101 Å². The molecule has 0 spiro atoms. The van der Waals surface area contributed by atoms with Crippen LogP contribution in [0.3, 0.4) is 0 Å². The van der Waals surface area contributed by atoms with Gasteiger partial charge in [0.25, 0.3) is 0 Å². The monoisotopic (exact) mass is 496 g/mol. The summed E-state index contributed by atoms with van der Waals surface area (Å²) in [5.74, 6) is 0.915. The lowest BCUT2D eigenvalue weighted by atomic mass is 9.83. The first kappa shape index (κ1) is 25.4. The highest BCUT2D eigenvalue weighted by molar-refractivity contribution is 5.88. The van der Waals surface area contributed by atoms with Crippen molar-refractivity contribution < 1.29 is 23.7 Å². The van der Waals surface area contributed by atoms with Crippen molar-refractivity contribution in [3.63, 3.8) is 0 Å². The molecule has 0 amide bonds. The quantitative estimate of drug-likeness (QED) is 0.230. The van der Waals surface area contributed by atoms with Crippen molar-refractivity contribution in [2.75, 3.05) is 13.2 Å². The molecule has 37 heavy (non-hydrogen) atoms. The third kappa shape index (κ3) is 5.93. The predicted molar refractivity (Wildman–Crippen MR) is 140 cm³/mol. The van der Waals surface area contributed by atoms with Crippen LogP contribution in [0.25, 0.3) is 6.08 Å². The number of allylic oxidation sites excluding steroid dienone is 1. The third-order valence-electron chi connectivity index (χ3n) is 5.68. The van der Waals surface area contributed by atoms with E-state index in [9.17, 15) is 10.1 Å². The molecule has 0 radical (unpaired) electrons. The molecule has 0 bridgehead atoms. The average molecular weight is 497 g/mol. The van der Waals surface area contributed by atoms with E-state index in [1.807, 2.05) is 62.4 Å². The van der Waals surface area contributed by atoms with E-state index in [4.69, 9.17) is 24.7 Å². The fourth-order valence-electron chi connectivity index (χ4n) is 4.02. The summed E-state index contributed by atoms with van der Waals surface area (Å²) in [6.45, 7) is 4.97. The summed E-state index contributed by atoms with van der Waals surface area (Å²) in [5, 5.41) is 9.89. The van der Waals surface area contributed by atoms with Gasteiger partial charge in [0.1, 0.15) is 23.1 Å². The van der Waals surface area contributed by atoms with Crippen LogP contribution in [0.4, 0.5) is 0 Å². The summed E-state index contributed by atoms with van der Waals surface area (Å²) in [7, 11) is 0. The van der Waals surface area contributed by atoms with Gasteiger partial charge in [0, 0.05) is 17.7 Å². The molecule has 7 nitrogen and oxygen atoms in total. The van der Waals surface area contributed by atoms with E-state index < -0.39 is 11.9 Å². The van der Waals surface area contributed by atoms with Gasteiger partial charge >= 0.3 is 5.97 Å². The summed E-state index contributed by atoms with van der Waals surface area (Å²) < 4.78 is 22.9. The van der Waals surface area contributed by atoms with Gasteiger partial charge in [-0.05, 0) is 48.7 Å². The van der Waals surface area contributed by atoms with Gasteiger partial charge in [0.2, 0.25) is 5.88 Å². The molecule has 4 rings (SSSR count). The summed E-state index contributed by atoms with van der Waals surface area (Å²) in [6.07, 6.45) is 3.91. The Kier molecular flexibility index (Phi) is 8.11. The maximum atomic E-state index is 12.4. The second-order valence-corrected chi connectivity index (χ2v) is 8.28. The van der Waals surface area contributed by atoms with E-state index >= 15 is 0 Å². The van der Waals surface area contributed by atoms with Gasteiger partial charge in [-0.3, -0.25) is 0 Å². The van der Waals surface area contributed by atoms with E-state index in [0.29, 0.717) is 36.2 Å². The smallest absolute Gasteiger partial charge is 0.336 e. The lowest BCUT2D eigenvalue weighted by Gasteiger charge is -2.27. The number of benzene rings is 3. The number of esters is 1. The van der Waals surface area contributed by atoms with Gasteiger partial charge in [-0.1, -0.05) is 49.4 Å². The number of ether oxygens (including phenoxy) is 4. The number of nitriles is 1. The molecule has 1 aliphatic heterocycles. The van der Waals surface area contributed by atoms with E-state index in [0.717, 1.165) is 23.1 Å². The minimum Gasteiger partial charge on any atom is -0.490 e. The van der Waals surface area contributed by atoms with Gasteiger partial charge in [-0.15, -0.1) is 0 Å². The highest BCUT2D eigenvalue weighted by Crippen LogP contribution is 2.45. The second kappa shape index (κ2) is 11.8. The van der Waals surface area contributed by atoms with Crippen LogP contribution in [-0.4, -0.2) is 19.2 Å². The second-order valence-electron chi connectivity index (χ2n) is 8.28. The van der Waals surface area contributed by atoms with Crippen LogP contribution in [0.15, 0.2) is 84.3 Å². The fourth-order valence-corrected chi connectivity index (χ4v) is 4.02. The van der Waals surface area contributed by atoms with Crippen LogP contribution in [0.1, 0.15) is 42.9 Å². The molecule has 0 aliphatic carbocycles. The Hall–Kier alpha value is -4.70. The molecule has 0 aromatic heterocycles. The van der Waals surface area contributed by atoms with E-state index in [1.165, 1.54) is 6.08 Å². The molecular formula is C30H28N2O5. The van der Waals surface area contributed by atoms with E-state index in [1.54, 1.807) is 24.3 Å². The minimum atomic E-state index is -0.526. The Morgan fingerprint density at radius 2 is 1.86 bits per heavy atom. The average Bonchev–Trinajstić information content (AvgIpc) is 2.91. The number of fused-ring (bicyclic) bond motifs is 1. The van der Waals surface area contributed by atoms with Crippen molar-refractivity contribution in [1.29, 1.82) is 5.26 Å². The Morgan fingerprint density at radius 3 is 2.59 bits per heavy atom. The molecule has 7 heteroatoms. The molecule has 1 aliphatic rings. The topological polar surface area (TPSA) is 104 Å². The lowest BCUT2D eigenvalue weighted by molar-refractivity contribution is -0.128. The molecule has 0 fully saturated rings. The standard InChI is InChI=1S/C30H28N2O5/c1-3-16-35-25-14-11-21(17-27(25)34-4-2)29-23-13-12-22(18-26(23)37-30(32)24(29)19-31)36-28(33)15-10-20-8-6-5-7-9-20/h5-15,17-18,29H,3-4,16,32H2,1-2H3/b15-10+. The van der Waals surface area contributed by atoms with Crippen molar-refractivity contribution in [2.45, 2.75) is 26.2 Å². The maximum absolute atomic E-state index is 12.4. The normalized spacial score (nSPS) is 14.5. The molecule has 0 saturated heterocycles. The molecule has 3 aromatic rings. The predicted octanol–water partition coefficient (Wildman–Crippen LogP) is 5.71. The number of hydrogen-bond acceptors (Lipinski definition) is 7. The Labute approximate surface area is 216 Å². The zero-order chi connectivity index (χ0) is 26.2. The summed E-state index contributed by atoms with van der Waals surface area (Å²) in [4.78, 5) is 12.4. The molecule has 3 aromatic carbocycles. The number of hydrogen-bond donors (Lipinski definition) is 1. The van der Waals surface area contributed by atoms with Crippen LogP contribution < -0.4 is 24.7 Å². The van der Waals surface area contributed by atoms with Gasteiger partial charge in [-0.25, -0.2) is 4.79 Å². The number of carbonyl (C=O) groups excluding carboxylic acids is 1. The van der Waals surface area contributed by atoms with Gasteiger partial charge in [0.05, 0.1) is 19.1 Å².